The van der Waals surface area contributed by atoms with Crippen LogP contribution in [0.5, 0.6) is 0 Å². The molecule has 0 bridgehead atoms. The normalized spacial score (nSPS) is 15.0. The van der Waals surface area contributed by atoms with Crippen molar-refractivity contribution in [2.45, 2.75) is 33.6 Å². The maximum absolute atomic E-state index is 12.3. The maximum Gasteiger partial charge on any atom is 0.339 e. The second-order valence-electron chi connectivity index (χ2n) is 6.53. The molecule has 2 rings (SSSR count). The van der Waals surface area contributed by atoms with Crippen LogP contribution in [0, 0.1) is 26.7 Å². The van der Waals surface area contributed by atoms with Gasteiger partial charge in [0.25, 0.3) is 5.91 Å². The molecule has 1 aliphatic rings. The van der Waals surface area contributed by atoms with Crippen molar-refractivity contribution < 1.29 is 23.9 Å². The van der Waals surface area contributed by atoms with Gasteiger partial charge in [0.2, 0.25) is 0 Å². The molecule has 0 radical (unpaired) electrons. The molecule has 6 nitrogen and oxygen atoms in total. The Morgan fingerprint density at radius 2 is 1.64 bits per heavy atom. The number of amides is 1. The van der Waals surface area contributed by atoms with Crippen molar-refractivity contribution in [3.63, 3.8) is 0 Å². The summed E-state index contributed by atoms with van der Waals surface area (Å²) >= 11 is 0. The van der Waals surface area contributed by atoms with E-state index in [4.69, 9.17) is 9.47 Å². The van der Waals surface area contributed by atoms with Gasteiger partial charge in [-0.3, -0.25) is 9.59 Å². The topological polar surface area (TPSA) is 72.9 Å². The van der Waals surface area contributed by atoms with E-state index in [1.807, 2.05) is 32.9 Å². The predicted octanol–water partition coefficient (Wildman–Crippen LogP) is 2.18. The summed E-state index contributed by atoms with van der Waals surface area (Å²) in [6, 6.07) is 3.84. The fraction of sp³-hybridized carbons (Fsp3) is 0.526. The van der Waals surface area contributed by atoms with E-state index in [-0.39, 0.29) is 24.4 Å². The van der Waals surface area contributed by atoms with Crippen molar-refractivity contribution in [1.29, 1.82) is 0 Å². The van der Waals surface area contributed by atoms with E-state index in [1.54, 1.807) is 4.90 Å². The van der Waals surface area contributed by atoms with Gasteiger partial charge in [0.15, 0.2) is 6.61 Å². The first-order chi connectivity index (χ1) is 11.8. The van der Waals surface area contributed by atoms with Gasteiger partial charge in [-0.1, -0.05) is 17.7 Å². The van der Waals surface area contributed by atoms with Crippen LogP contribution in [-0.2, 0) is 19.1 Å². The number of methoxy groups -OCH3 is 1. The van der Waals surface area contributed by atoms with Gasteiger partial charge in [-0.25, -0.2) is 4.79 Å². The van der Waals surface area contributed by atoms with Gasteiger partial charge >= 0.3 is 11.9 Å². The molecule has 0 atom stereocenters. The van der Waals surface area contributed by atoms with Crippen molar-refractivity contribution in [1.82, 2.24) is 4.90 Å². The number of carbonyl (C=O) groups is 3. The van der Waals surface area contributed by atoms with E-state index in [0.29, 0.717) is 31.5 Å². The van der Waals surface area contributed by atoms with Gasteiger partial charge in [0.05, 0.1) is 18.6 Å². The number of esters is 2. The summed E-state index contributed by atoms with van der Waals surface area (Å²) in [7, 11) is 1.37. The van der Waals surface area contributed by atoms with E-state index in [2.05, 4.69) is 0 Å². The number of piperidine rings is 1. The van der Waals surface area contributed by atoms with Gasteiger partial charge in [-0.05, 0) is 44.7 Å². The molecule has 0 saturated carbocycles. The number of ether oxygens (including phenoxy) is 2. The van der Waals surface area contributed by atoms with Crippen molar-refractivity contribution in [2.75, 3.05) is 26.8 Å². The zero-order chi connectivity index (χ0) is 18.6. The third-order valence-corrected chi connectivity index (χ3v) is 4.59. The van der Waals surface area contributed by atoms with Crippen LogP contribution in [0.25, 0.3) is 0 Å². The summed E-state index contributed by atoms with van der Waals surface area (Å²) in [5.41, 5.74) is 3.28. The Balaban J connectivity index is 1.89. The third-order valence-electron chi connectivity index (χ3n) is 4.59. The molecular weight excluding hydrogens is 322 g/mol. The largest absolute Gasteiger partial charge is 0.469 e. The van der Waals surface area contributed by atoms with Crippen molar-refractivity contribution in [3.8, 4) is 0 Å². The van der Waals surface area contributed by atoms with Crippen LogP contribution in [0.1, 0.15) is 39.9 Å². The fourth-order valence-electron chi connectivity index (χ4n) is 3.32. The van der Waals surface area contributed by atoms with Gasteiger partial charge in [-0.15, -0.1) is 0 Å². The molecule has 1 aromatic carbocycles. The first kappa shape index (κ1) is 19.0. The van der Waals surface area contributed by atoms with Crippen molar-refractivity contribution in [3.05, 3.63) is 34.4 Å². The molecule has 0 N–H and O–H groups in total. The summed E-state index contributed by atoms with van der Waals surface area (Å²) in [4.78, 5) is 37.7. The fourth-order valence-corrected chi connectivity index (χ4v) is 3.32. The average molecular weight is 347 g/mol. The quantitative estimate of drug-likeness (QED) is 0.781. The number of carbonyl (C=O) groups excluding carboxylic acids is 3. The third kappa shape index (κ3) is 4.59. The molecule has 25 heavy (non-hydrogen) atoms. The Morgan fingerprint density at radius 3 is 2.16 bits per heavy atom. The number of benzene rings is 1. The molecule has 1 fully saturated rings. The number of likely N-dealkylation sites (tertiary alicyclic amines) is 1. The highest BCUT2D eigenvalue weighted by molar-refractivity contribution is 5.94. The van der Waals surface area contributed by atoms with Crippen LogP contribution in [0.15, 0.2) is 12.1 Å². The zero-order valence-corrected chi connectivity index (χ0v) is 15.3. The SMILES string of the molecule is COC(=O)C1CCN(C(=O)COC(=O)c2c(C)cc(C)cc2C)CC1. The Morgan fingerprint density at radius 1 is 1.08 bits per heavy atom. The van der Waals surface area contributed by atoms with Crippen LogP contribution in [-0.4, -0.2) is 49.6 Å². The lowest BCUT2D eigenvalue weighted by Crippen LogP contribution is -2.42. The minimum absolute atomic E-state index is 0.158. The first-order valence-corrected chi connectivity index (χ1v) is 8.44. The number of nitrogens with zero attached hydrogens (tertiary/aromatic N) is 1. The molecule has 1 heterocycles. The van der Waals surface area contributed by atoms with Crippen molar-refractivity contribution in [2.24, 2.45) is 5.92 Å². The lowest BCUT2D eigenvalue weighted by Gasteiger charge is -2.30. The van der Waals surface area contributed by atoms with Crippen LogP contribution in [0.2, 0.25) is 0 Å². The Kier molecular flexibility index (Phi) is 6.17. The molecule has 1 aliphatic heterocycles. The van der Waals surface area contributed by atoms with E-state index < -0.39 is 5.97 Å². The summed E-state index contributed by atoms with van der Waals surface area (Å²) < 4.78 is 9.95. The molecule has 1 aromatic rings. The molecule has 136 valence electrons. The van der Waals surface area contributed by atoms with Crippen LogP contribution in [0.3, 0.4) is 0 Å². The highest BCUT2D eigenvalue weighted by Gasteiger charge is 2.28. The lowest BCUT2D eigenvalue weighted by molar-refractivity contribution is -0.149. The molecule has 1 saturated heterocycles. The molecule has 0 unspecified atom stereocenters. The van der Waals surface area contributed by atoms with E-state index in [1.165, 1.54) is 7.11 Å². The minimum Gasteiger partial charge on any atom is -0.469 e. The number of hydrogen-bond donors (Lipinski definition) is 0. The van der Waals surface area contributed by atoms with Gasteiger partial charge in [0.1, 0.15) is 0 Å². The van der Waals surface area contributed by atoms with E-state index >= 15 is 0 Å². The molecule has 6 heteroatoms. The zero-order valence-electron chi connectivity index (χ0n) is 15.3. The highest BCUT2D eigenvalue weighted by atomic mass is 16.5. The van der Waals surface area contributed by atoms with Crippen molar-refractivity contribution >= 4 is 17.8 Å². The smallest absolute Gasteiger partial charge is 0.339 e. The summed E-state index contributed by atoms with van der Waals surface area (Å²) in [5, 5.41) is 0. The van der Waals surface area contributed by atoms with Crippen LogP contribution >= 0.6 is 0 Å². The highest BCUT2D eigenvalue weighted by Crippen LogP contribution is 2.20. The lowest BCUT2D eigenvalue weighted by atomic mass is 9.97. The summed E-state index contributed by atoms with van der Waals surface area (Å²) in [6.45, 7) is 6.34. The standard InChI is InChI=1S/C19H25NO5/c1-12-9-13(2)17(14(3)10-12)19(23)25-11-16(21)20-7-5-15(6-8-20)18(22)24-4/h9-10,15H,5-8,11H2,1-4H3. The maximum atomic E-state index is 12.3. The van der Waals surface area contributed by atoms with Gasteiger partial charge in [0, 0.05) is 13.1 Å². The Hall–Kier alpha value is -2.37. The second-order valence-corrected chi connectivity index (χ2v) is 6.53. The van der Waals surface area contributed by atoms with E-state index in [9.17, 15) is 14.4 Å². The first-order valence-electron chi connectivity index (χ1n) is 8.44. The molecule has 0 spiro atoms. The van der Waals surface area contributed by atoms with Crippen LogP contribution in [0.4, 0.5) is 0 Å². The minimum atomic E-state index is -0.479. The molecule has 1 amide bonds. The monoisotopic (exact) mass is 347 g/mol. The Labute approximate surface area is 148 Å². The van der Waals surface area contributed by atoms with Crippen LogP contribution < -0.4 is 0 Å². The number of hydrogen-bond acceptors (Lipinski definition) is 5. The Bertz CT molecular complexity index is 651. The number of rotatable bonds is 4. The molecule has 0 aliphatic carbocycles. The summed E-state index contributed by atoms with van der Waals surface area (Å²) in [6.07, 6.45) is 1.14. The van der Waals surface area contributed by atoms with E-state index in [0.717, 1.165) is 16.7 Å². The molecule has 0 aromatic heterocycles. The average Bonchev–Trinajstić information content (AvgIpc) is 2.58. The van der Waals surface area contributed by atoms with Gasteiger partial charge in [-0.2, -0.15) is 0 Å². The number of aryl methyl sites for hydroxylation is 3. The summed E-state index contributed by atoms with van der Waals surface area (Å²) in [5.74, 6) is -1.11. The van der Waals surface area contributed by atoms with Gasteiger partial charge < -0.3 is 14.4 Å². The predicted molar refractivity (Wildman–Crippen MR) is 92.3 cm³/mol. The molecular formula is C19H25NO5. The second kappa shape index (κ2) is 8.14.